The number of nitrogens with two attached hydrogens (primary N) is 1. The predicted molar refractivity (Wildman–Crippen MR) is 66.8 cm³/mol. The minimum Gasteiger partial charge on any atom is -0.399 e. The molecule has 0 aliphatic carbocycles. The molecule has 2 N–H and O–H groups in total. The van der Waals surface area contributed by atoms with Crippen molar-refractivity contribution in [1.29, 1.82) is 0 Å². The van der Waals surface area contributed by atoms with Gasteiger partial charge in [0.25, 0.3) is 5.91 Å². The standard InChI is InChI=1S/C13H18N2O2/c1-2-12-9-17-7-6-15(12)13(16)10-4-3-5-11(14)8-10/h3-5,8,12H,2,6-7,9,14H2,1H3. The number of rotatable bonds is 2. The van der Waals surface area contributed by atoms with Gasteiger partial charge in [-0.25, -0.2) is 0 Å². The summed E-state index contributed by atoms with van der Waals surface area (Å²) in [6.45, 7) is 3.97. The Balaban J connectivity index is 2.18. The fourth-order valence-corrected chi connectivity index (χ4v) is 2.10. The summed E-state index contributed by atoms with van der Waals surface area (Å²) in [4.78, 5) is 14.2. The second-order valence-electron chi connectivity index (χ2n) is 4.26. The number of nitrogens with zero attached hydrogens (tertiary/aromatic N) is 1. The molecule has 0 radical (unpaired) electrons. The van der Waals surface area contributed by atoms with Gasteiger partial charge in [0.1, 0.15) is 0 Å². The molecule has 1 atom stereocenters. The molecule has 0 saturated carbocycles. The van der Waals surface area contributed by atoms with Crippen LogP contribution >= 0.6 is 0 Å². The topological polar surface area (TPSA) is 55.6 Å². The lowest BCUT2D eigenvalue weighted by Crippen LogP contribution is -2.48. The highest BCUT2D eigenvalue weighted by Gasteiger charge is 2.26. The number of carbonyl (C=O) groups is 1. The number of anilines is 1. The van der Waals surface area contributed by atoms with E-state index in [9.17, 15) is 4.79 Å². The average molecular weight is 234 g/mol. The first-order chi connectivity index (χ1) is 8.22. The van der Waals surface area contributed by atoms with Gasteiger partial charge in [0, 0.05) is 17.8 Å². The van der Waals surface area contributed by atoms with E-state index >= 15 is 0 Å². The molecule has 0 bridgehead atoms. The summed E-state index contributed by atoms with van der Waals surface area (Å²) < 4.78 is 5.39. The lowest BCUT2D eigenvalue weighted by Gasteiger charge is -2.35. The first-order valence-corrected chi connectivity index (χ1v) is 5.96. The molecule has 0 spiro atoms. The molecule has 1 unspecified atom stereocenters. The normalized spacial score (nSPS) is 20.3. The minimum atomic E-state index is 0.0486. The summed E-state index contributed by atoms with van der Waals surface area (Å²) in [5.41, 5.74) is 6.98. The van der Waals surface area contributed by atoms with Crippen LogP contribution in [0, 0.1) is 0 Å². The summed E-state index contributed by atoms with van der Waals surface area (Å²) in [6, 6.07) is 7.31. The Bertz CT molecular complexity index is 406. The van der Waals surface area contributed by atoms with Gasteiger partial charge in [-0.15, -0.1) is 0 Å². The molecule has 4 nitrogen and oxygen atoms in total. The van der Waals surface area contributed by atoms with E-state index in [1.165, 1.54) is 0 Å². The SMILES string of the molecule is CCC1COCCN1C(=O)c1cccc(N)c1. The minimum absolute atomic E-state index is 0.0486. The molecule has 17 heavy (non-hydrogen) atoms. The van der Waals surface area contributed by atoms with Crippen LogP contribution in [-0.2, 0) is 4.74 Å². The van der Waals surface area contributed by atoms with Crippen molar-refractivity contribution in [1.82, 2.24) is 4.90 Å². The third-order valence-electron chi connectivity index (χ3n) is 3.09. The first-order valence-electron chi connectivity index (χ1n) is 5.96. The quantitative estimate of drug-likeness (QED) is 0.789. The van der Waals surface area contributed by atoms with E-state index in [4.69, 9.17) is 10.5 Å². The van der Waals surface area contributed by atoms with E-state index in [0.29, 0.717) is 31.0 Å². The fourth-order valence-electron chi connectivity index (χ4n) is 2.10. The zero-order valence-corrected chi connectivity index (χ0v) is 10.1. The summed E-state index contributed by atoms with van der Waals surface area (Å²) >= 11 is 0. The van der Waals surface area contributed by atoms with Crippen molar-refractivity contribution < 1.29 is 9.53 Å². The monoisotopic (exact) mass is 234 g/mol. The number of ether oxygens (including phenoxy) is 1. The number of hydrogen-bond donors (Lipinski definition) is 1. The van der Waals surface area contributed by atoms with Gasteiger partial charge in [0.15, 0.2) is 0 Å². The van der Waals surface area contributed by atoms with Crippen LogP contribution in [0.15, 0.2) is 24.3 Å². The van der Waals surface area contributed by atoms with Crippen LogP contribution in [0.3, 0.4) is 0 Å². The Morgan fingerprint density at radius 3 is 3.12 bits per heavy atom. The van der Waals surface area contributed by atoms with Crippen LogP contribution < -0.4 is 5.73 Å². The smallest absolute Gasteiger partial charge is 0.254 e. The van der Waals surface area contributed by atoms with Gasteiger partial charge in [-0.2, -0.15) is 0 Å². The molecule has 1 aliphatic heterocycles. The maximum absolute atomic E-state index is 12.3. The van der Waals surface area contributed by atoms with Crippen molar-refractivity contribution in [2.24, 2.45) is 0 Å². The van der Waals surface area contributed by atoms with Crippen molar-refractivity contribution in [2.75, 3.05) is 25.5 Å². The van der Waals surface area contributed by atoms with Gasteiger partial charge in [-0.1, -0.05) is 13.0 Å². The highest BCUT2D eigenvalue weighted by molar-refractivity contribution is 5.95. The maximum atomic E-state index is 12.3. The van der Waals surface area contributed by atoms with Gasteiger partial charge < -0.3 is 15.4 Å². The van der Waals surface area contributed by atoms with E-state index in [1.807, 2.05) is 11.0 Å². The summed E-state index contributed by atoms with van der Waals surface area (Å²) in [6.07, 6.45) is 0.911. The predicted octanol–water partition coefficient (Wildman–Crippen LogP) is 1.52. The summed E-state index contributed by atoms with van der Waals surface area (Å²) in [7, 11) is 0. The van der Waals surface area contributed by atoms with Gasteiger partial charge in [-0.3, -0.25) is 4.79 Å². The number of amides is 1. The molecule has 2 rings (SSSR count). The molecule has 1 aliphatic rings. The Morgan fingerprint density at radius 2 is 2.41 bits per heavy atom. The van der Waals surface area contributed by atoms with E-state index in [0.717, 1.165) is 6.42 Å². The average Bonchev–Trinajstić information content (AvgIpc) is 2.38. The van der Waals surface area contributed by atoms with Crippen LogP contribution in [-0.4, -0.2) is 36.6 Å². The number of nitrogen functional groups attached to an aromatic ring is 1. The van der Waals surface area contributed by atoms with Crippen molar-refractivity contribution in [3.8, 4) is 0 Å². The molecule has 0 aromatic heterocycles. The molecule has 1 saturated heterocycles. The lowest BCUT2D eigenvalue weighted by molar-refractivity contribution is -0.00279. The van der Waals surface area contributed by atoms with Crippen molar-refractivity contribution >= 4 is 11.6 Å². The molecule has 1 fully saturated rings. The highest BCUT2D eigenvalue weighted by atomic mass is 16.5. The van der Waals surface area contributed by atoms with Crippen molar-refractivity contribution in [3.05, 3.63) is 29.8 Å². The van der Waals surface area contributed by atoms with E-state index < -0.39 is 0 Å². The zero-order chi connectivity index (χ0) is 12.3. The van der Waals surface area contributed by atoms with Crippen molar-refractivity contribution in [3.63, 3.8) is 0 Å². The van der Waals surface area contributed by atoms with E-state index in [1.54, 1.807) is 18.2 Å². The van der Waals surface area contributed by atoms with Gasteiger partial charge >= 0.3 is 0 Å². The van der Waals surface area contributed by atoms with Crippen LogP contribution in [0.2, 0.25) is 0 Å². The Labute approximate surface area is 101 Å². The van der Waals surface area contributed by atoms with Gasteiger partial charge in [0.05, 0.1) is 19.3 Å². The number of benzene rings is 1. The van der Waals surface area contributed by atoms with Crippen molar-refractivity contribution in [2.45, 2.75) is 19.4 Å². The third kappa shape index (κ3) is 2.58. The zero-order valence-electron chi connectivity index (χ0n) is 10.1. The molecule has 92 valence electrons. The molecule has 1 heterocycles. The Morgan fingerprint density at radius 1 is 1.59 bits per heavy atom. The molecule has 1 amide bonds. The number of carbonyl (C=O) groups excluding carboxylic acids is 1. The van der Waals surface area contributed by atoms with Crippen LogP contribution in [0.25, 0.3) is 0 Å². The molecule has 4 heteroatoms. The van der Waals surface area contributed by atoms with Gasteiger partial charge in [-0.05, 0) is 24.6 Å². The van der Waals surface area contributed by atoms with Crippen LogP contribution in [0.1, 0.15) is 23.7 Å². The Hall–Kier alpha value is -1.55. The van der Waals surface area contributed by atoms with Crippen LogP contribution in [0.4, 0.5) is 5.69 Å². The summed E-state index contributed by atoms with van der Waals surface area (Å²) in [5.74, 6) is 0.0486. The Kier molecular flexibility index (Phi) is 3.64. The van der Waals surface area contributed by atoms with E-state index in [-0.39, 0.29) is 11.9 Å². The molecule has 1 aromatic carbocycles. The van der Waals surface area contributed by atoms with Crippen LogP contribution in [0.5, 0.6) is 0 Å². The first kappa shape index (κ1) is 11.9. The second-order valence-corrected chi connectivity index (χ2v) is 4.26. The fraction of sp³-hybridized carbons (Fsp3) is 0.462. The maximum Gasteiger partial charge on any atom is 0.254 e. The van der Waals surface area contributed by atoms with E-state index in [2.05, 4.69) is 6.92 Å². The molecular formula is C13H18N2O2. The van der Waals surface area contributed by atoms with Gasteiger partial charge in [0.2, 0.25) is 0 Å². The highest BCUT2D eigenvalue weighted by Crippen LogP contribution is 2.16. The lowest BCUT2D eigenvalue weighted by atomic mass is 10.1. The summed E-state index contributed by atoms with van der Waals surface area (Å²) in [5, 5.41) is 0. The molecule has 1 aromatic rings. The second kappa shape index (κ2) is 5.19. The number of morpholine rings is 1. The largest absolute Gasteiger partial charge is 0.399 e. The molecular weight excluding hydrogens is 216 g/mol. The third-order valence-corrected chi connectivity index (χ3v) is 3.09. The number of hydrogen-bond acceptors (Lipinski definition) is 3.